The molecule has 6 nitrogen and oxygen atoms in total. The summed E-state index contributed by atoms with van der Waals surface area (Å²) in [6.45, 7) is 1.83. The van der Waals surface area contributed by atoms with Gasteiger partial charge in [0.1, 0.15) is 12.4 Å². The number of aromatic nitrogens is 3. The molecule has 1 atom stereocenters. The quantitative estimate of drug-likeness (QED) is 0.840. The van der Waals surface area contributed by atoms with Crippen LogP contribution in [0.1, 0.15) is 17.4 Å². The molecule has 1 aliphatic rings. The molecule has 1 aromatic carbocycles. The summed E-state index contributed by atoms with van der Waals surface area (Å²) in [6, 6.07) is 8.80. The highest BCUT2D eigenvalue weighted by atomic mass is 16.2. The summed E-state index contributed by atoms with van der Waals surface area (Å²) in [6.07, 6.45) is 1.69. The maximum absolute atomic E-state index is 12.4. The van der Waals surface area contributed by atoms with E-state index in [0.29, 0.717) is 13.1 Å². The first-order valence-corrected chi connectivity index (χ1v) is 6.21. The van der Waals surface area contributed by atoms with Crippen LogP contribution in [-0.4, -0.2) is 32.1 Å². The molecule has 0 fully saturated rings. The van der Waals surface area contributed by atoms with Gasteiger partial charge >= 0.3 is 0 Å². The average Bonchev–Trinajstić information content (AvgIpc) is 2.94. The molecular weight excluding hydrogens is 242 g/mol. The Balaban J connectivity index is 1.75. The molecule has 0 bridgehead atoms. The van der Waals surface area contributed by atoms with E-state index in [1.165, 1.54) is 0 Å². The number of benzene rings is 1. The number of fused-ring (bicyclic) bond motifs is 1. The molecule has 0 saturated carbocycles. The van der Waals surface area contributed by atoms with Crippen LogP contribution in [0, 0.1) is 0 Å². The molecule has 3 rings (SSSR count). The fourth-order valence-corrected chi connectivity index (χ4v) is 2.25. The lowest BCUT2D eigenvalue weighted by atomic mass is 10.1. The van der Waals surface area contributed by atoms with Crippen molar-refractivity contribution in [3.63, 3.8) is 0 Å². The minimum atomic E-state index is -0.615. The fraction of sp³-hybridized carbons (Fsp3) is 0.308. The Morgan fingerprint density at radius 2 is 2.05 bits per heavy atom. The lowest BCUT2D eigenvalue weighted by Crippen LogP contribution is -2.43. The molecular formula is C13H15N5O. The van der Waals surface area contributed by atoms with Gasteiger partial charge in [-0.2, -0.15) is 0 Å². The molecule has 2 N–H and O–H groups in total. The highest BCUT2D eigenvalue weighted by Gasteiger charge is 2.26. The van der Waals surface area contributed by atoms with Crippen LogP contribution >= 0.6 is 0 Å². The molecule has 1 aliphatic heterocycles. The van der Waals surface area contributed by atoms with Gasteiger partial charge in [-0.25, -0.2) is 0 Å². The second kappa shape index (κ2) is 4.81. The number of carbonyl (C=O) groups is 1. The Labute approximate surface area is 110 Å². The van der Waals surface area contributed by atoms with Crippen LogP contribution in [-0.2, 0) is 17.9 Å². The monoisotopic (exact) mass is 257 g/mol. The fourth-order valence-electron chi connectivity index (χ4n) is 2.25. The first-order valence-electron chi connectivity index (χ1n) is 6.21. The van der Waals surface area contributed by atoms with Gasteiger partial charge in [0.05, 0.1) is 6.54 Å². The molecule has 0 saturated heterocycles. The van der Waals surface area contributed by atoms with Crippen LogP contribution < -0.4 is 5.73 Å². The van der Waals surface area contributed by atoms with Crippen LogP contribution in [0.5, 0.6) is 0 Å². The van der Waals surface area contributed by atoms with Gasteiger partial charge in [-0.15, -0.1) is 10.2 Å². The van der Waals surface area contributed by atoms with Crippen LogP contribution in [0.4, 0.5) is 0 Å². The van der Waals surface area contributed by atoms with E-state index in [4.69, 9.17) is 5.73 Å². The number of hydrogen-bond acceptors (Lipinski definition) is 4. The van der Waals surface area contributed by atoms with E-state index in [1.54, 1.807) is 11.2 Å². The molecule has 6 heteroatoms. The Morgan fingerprint density at radius 3 is 2.84 bits per heavy atom. The molecule has 98 valence electrons. The van der Waals surface area contributed by atoms with E-state index in [-0.39, 0.29) is 5.91 Å². The number of rotatable bonds is 2. The molecule has 1 amide bonds. The van der Waals surface area contributed by atoms with Crippen molar-refractivity contribution in [1.82, 2.24) is 19.7 Å². The number of nitrogens with zero attached hydrogens (tertiary/aromatic N) is 4. The maximum Gasteiger partial charge on any atom is 0.244 e. The average molecular weight is 257 g/mol. The van der Waals surface area contributed by atoms with Crippen LogP contribution in [0.2, 0.25) is 0 Å². The van der Waals surface area contributed by atoms with Crippen molar-refractivity contribution in [1.29, 1.82) is 0 Å². The summed E-state index contributed by atoms with van der Waals surface area (Å²) in [7, 11) is 0. The van der Waals surface area contributed by atoms with E-state index < -0.39 is 6.04 Å². The van der Waals surface area contributed by atoms with Crippen molar-refractivity contribution in [3.8, 4) is 0 Å². The molecule has 19 heavy (non-hydrogen) atoms. The number of nitrogens with two attached hydrogens (primary N) is 1. The second-order valence-corrected chi connectivity index (χ2v) is 4.59. The molecule has 2 aromatic rings. The molecule has 2 heterocycles. The maximum atomic E-state index is 12.4. The molecule has 0 spiro atoms. The van der Waals surface area contributed by atoms with Gasteiger partial charge in [-0.3, -0.25) is 4.79 Å². The SMILES string of the molecule is N[C@H](C(=O)N1CCn2cnnc2C1)c1ccccc1. The summed E-state index contributed by atoms with van der Waals surface area (Å²) in [5, 5.41) is 7.84. The smallest absolute Gasteiger partial charge is 0.244 e. The third-order valence-electron chi connectivity index (χ3n) is 3.38. The zero-order valence-electron chi connectivity index (χ0n) is 10.4. The summed E-state index contributed by atoms with van der Waals surface area (Å²) in [5.74, 6) is 0.736. The second-order valence-electron chi connectivity index (χ2n) is 4.59. The summed E-state index contributed by atoms with van der Waals surface area (Å²) in [4.78, 5) is 14.1. The van der Waals surface area contributed by atoms with Crippen LogP contribution in [0.25, 0.3) is 0 Å². The largest absolute Gasteiger partial charge is 0.332 e. The molecule has 1 aromatic heterocycles. The molecule has 0 aliphatic carbocycles. The Hall–Kier alpha value is -2.21. The summed E-state index contributed by atoms with van der Waals surface area (Å²) >= 11 is 0. The van der Waals surface area contributed by atoms with Crippen LogP contribution in [0.3, 0.4) is 0 Å². The Kier molecular flexibility index (Phi) is 3.00. The van der Waals surface area contributed by atoms with Crippen molar-refractivity contribution in [2.45, 2.75) is 19.1 Å². The molecule has 0 radical (unpaired) electrons. The van der Waals surface area contributed by atoms with Gasteiger partial charge in [-0.05, 0) is 5.56 Å². The van der Waals surface area contributed by atoms with Crippen molar-refractivity contribution >= 4 is 5.91 Å². The van der Waals surface area contributed by atoms with E-state index in [0.717, 1.165) is 17.9 Å². The van der Waals surface area contributed by atoms with Crippen molar-refractivity contribution in [2.75, 3.05) is 6.54 Å². The predicted molar refractivity (Wildman–Crippen MR) is 68.8 cm³/mol. The Bertz CT molecular complexity index is 580. The first-order chi connectivity index (χ1) is 9.25. The first kappa shape index (κ1) is 11.9. The van der Waals surface area contributed by atoms with Gasteiger partial charge < -0.3 is 15.2 Å². The highest BCUT2D eigenvalue weighted by molar-refractivity contribution is 5.83. The van der Waals surface area contributed by atoms with Gasteiger partial charge in [0.2, 0.25) is 5.91 Å². The predicted octanol–water partition coefficient (Wildman–Crippen LogP) is 0.320. The van der Waals surface area contributed by atoms with Crippen molar-refractivity contribution in [2.24, 2.45) is 5.73 Å². The number of carbonyl (C=O) groups excluding carboxylic acids is 1. The number of hydrogen-bond donors (Lipinski definition) is 1. The minimum Gasteiger partial charge on any atom is -0.332 e. The van der Waals surface area contributed by atoms with Crippen molar-refractivity contribution in [3.05, 3.63) is 48.0 Å². The zero-order valence-corrected chi connectivity index (χ0v) is 10.4. The van der Waals surface area contributed by atoms with E-state index in [2.05, 4.69) is 10.2 Å². The van der Waals surface area contributed by atoms with Crippen molar-refractivity contribution < 1.29 is 4.79 Å². The standard InChI is InChI=1S/C13H15N5O/c14-12(10-4-2-1-3-5-10)13(19)17-6-7-18-9-15-16-11(18)8-17/h1-5,9,12H,6-8,14H2/t12-/m0/s1. The highest BCUT2D eigenvalue weighted by Crippen LogP contribution is 2.16. The summed E-state index contributed by atoms with van der Waals surface area (Å²) < 4.78 is 1.96. The van der Waals surface area contributed by atoms with Gasteiger partial charge in [-0.1, -0.05) is 30.3 Å². The third-order valence-corrected chi connectivity index (χ3v) is 3.38. The van der Waals surface area contributed by atoms with Gasteiger partial charge in [0.25, 0.3) is 0 Å². The number of amides is 1. The van der Waals surface area contributed by atoms with E-state index in [1.807, 2.05) is 34.9 Å². The minimum absolute atomic E-state index is 0.0690. The van der Waals surface area contributed by atoms with Gasteiger partial charge in [0.15, 0.2) is 5.82 Å². The summed E-state index contributed by atoms with van der Waals surface area (Å²) in [5.41, 5.74) is 6.86. The molecule has 0 unspecified atom stereocenters. The lowest BCUT2D eigenvalue weighted by Gasteiger charge is -2.29. The topological polar surface area (TPSA) is 77.0 Å². The zero-order chi connectivity index (χ0) is 13.2. The third kappa shape index (κ3) is 2.22. The van der Waals surface area contributed by atoms with E-state index >= 15 is 0 Å². The lowest BCUT2D eigenvalue weighted by molar-refractivity contribution is -0.134. The van der Waals surface area contributed by atoms with E-state index in [9.17, 15) is 4.79 Å². The van der Waals surface area contributed by atoms with Gasteiger partial charge in [0, 0.05) is 13.1 Å². The Morgan fingerprint density at radius 1 is 1.26 bits per heavy atom. The normalized spacial score (nSPS) is 15.9. The van der Waals surface area contributed by atoms with Crippen LogP contribution in [0.15, 0.2) is 36.7 Å².